The number of pyridine rings is 1. The van der Waals surface area contributed by atoms with Gasteiger partial charge in [-0.05, 0) is 40.9 Å². The van der Waals surface area contributed by atoms with Gasteiger partial charge in [-0.2, -0.15) is 13.2 Å². The number of carboxylic acid groups (broad SMARTS) is 1. The topological polar surface area (TPSA) is 53.4 Å². The summed E-state index contributed by atoms with van der Waals surface area (Å²) in [6, 6.07) is 2.75. The van der Waals surface area contributed by atoms with Crippen LogP contribution in [-0.4, -0.2) is 29.1 Å². The molecule has 1 atom stereocenters. The third-order valence-corrected chi connectivity index (χ3v) is 3.83. The van der Waals surface area contributed by atoms with E-state index >= 15 is 0 Å². The summed E-state index contributed by atoms with van der Waals surface area (Å²) in [5, 5.41) is 9.00. The van der Waals surface area contributed by atoms with Crippen molar-refractivity contribution in [2.24, 2.45) is 5.92 Å². The second-order valence-corrected chi connectivity index (χ2v) is 5.48. The Balaban J connectivity index is 2.27. The van der Waals surface area contributed by atoms with Gasteiger partial charge in [-0.3, -0.25) is 4.79 Å². The number of alkyl halides is 3. The van der Waals surface area contributed by atoms with Crippen molar-refractivity contribution >= 4 is 27.7 Å². The van der Waals surface area contributed by atoms with E-state index < -0.39 is 23.8 Å². The van der Waals surface area contributed by atoms with Gasteiger partial charge in [0.2, 0.25) is 0 Å². The monoisotopic (exact) mass is 352 g/mol. The van der Waals surface area contributed by atoms with E-state index in [0.29, 0.717) is 19.4 Å². The van der Waals surface area contributed by atoms with Crippen molar-refractivity contribution < 1.29 is 23.1 Å². The minimum absolute atomic E-state index is 0.124. The Morgan fingerprint density at radius 2 is 2.15 bits per heavy atom. The van der Waals surface area contributed by atoms with Gasteiger partial charge in [-0.15, -0.1) is 0 Å². The van der Waals surface area contributed by atoms with Crippen LogP contribution in [-0.2, 0) is 11.0 Å². The fourth-order valence-corrected chi connectivity index (χ4v) is 2.64. The average Bonchev–Trinajstić information content (AvgIpc) is 2.38. The molecule has 0 saturated carbocycles. The number of halogens is 4. The molecular formula is C12H12BrF3N2O2. The van der Waals surface area contributed by atoms with Gasteiger partial charge in [0.1, 0.15) is 5.82 Å². The molecule has 1 aliphatic heterocycles. The minimum atomic E-state index is -4.54. The number of nitrogens with zero attached hydrogens (tertiary/aromatic N) is 2. The number of aromatic nitrogens is 1. The molecule has 1 aliphatic rings. The summed E-state index contributed by atoms with van der Waals surface area (Å²) in [4.78, 5) is 16.2. The highest BCUT2D eigenvalue weighted by atomic mass is 79.9. The van der Waals surface area contributed by atoms with E-state index in [0.717, 1.165) is 0 Å². The molecule has 1 fully saturated rings. The SMILES string of the molecule is O=C(O)C1CCCN(c2ccc(Br)c(C(F)(F)F)n2)C1. The Labute approximate surface area is 121 Å². The normalized spacial score (nSPS) is 20.0. The Bertz CT molecular complexity index is 522. The lowest BCUT2D eigenvalue weighted by Crippen LogP contribution is -2.39. The summed E-state index contributed by atoms with van der Waals surface area (Å²) < 4.78 is 38.3. The molecular weight excluding hydrogens is 341 g/mol. The first-order chi connectivity index (χ1) is 9.29. The number of carboxylic acids is 1. The summed E-state index contributed by atoms with van der Waals surface area (Å²) in [7, 11) is 0. The van der Waals surface area contributed by atoms with E-state index in [1.54, 1.807) is 4.90 Å². The number of carbonyl (C=O) groups is 1. The Morgan fingerprint density at radius 3 is 2.75 bits per heavy atom. The van der Waals surface area contributed by atoms with Crippen LogP contribution >= 0.6 is 15.9 Å². The van der Waals surface area contributed by atoms with Crippen molar-refractivity contribution in [1.29, 1.82) is 0 Å². The third kappa shape index (κ3) is 3.23. The largest absolute Gasteiger partial charge is 0.481 e. The van der Waals surface area contributed by atoms with Gasteiger partial charge in [-0.25, -0.2) is 4.98 Å². The lowest BCUT2D eigenvalue weighted by Gasteiger charge is -2.32. The molecule has 20 heavy (non-hydrogen) atoms. The predicted octanol–water partition coefficient (Wildman–Crippen LogP) is 3.16. The summed E-state index contributed by atoms with van der Waals surface area (Å²) in [6.45, 7) is 0.691. The summed E-state index contributed by atoms with van der Waals surface area (Å²) in [5.41, 5.74) is -0.993. The van der Waals surface area contributed by atoms with E-state index in [2.05, 4.69) is 20.9 Å². The highest BCUT2D eigenvalue weighted by Crippen LogP contribution is 2.35. The Kier molecular flexibility index (Phi) is 4.22. The van der Waals surface area contributed by atoms with E-state index in [-0.39, 0.29) is 16.8 Å². The van der Waals surface area contributed by atoms with Crippen LogP contribution in [0.2, 0.25) is 0 Å². The third-order valence-electron chi connectivity index (χ3n) is 3.19. The molecule has 0 aliphatic carbocycles. The van der Waals surface area contributed by atoms with E-state index in [1.165, 1.54) is 12.1 Å². The number of rotatable bonds is 2. The quantitative estimate of drug-likeness (QED) is 0.888. The van der Waals surface area contributed by atoms with Gasteiger partial charge in [0.25, 0.3) is 0 Å². The molecule has 8 heteroatoms. The zero-order chi connectivity index (χ0) is 14.9. The molecule has 1 unspecified atom stereocenters. The Morgan fingerprint density at radius 1 is 1.45 bits per heavy atom. The van der Waals surface area contributed by atoms with Crippen LogP contribution in [0, 0.1) is 5.92 Å². The highest BCUT2D eigenvalue weighted by Gasteiger charge is 2.36. The van der Waals surface area contributed by atoms with Crippen molar-refractivity contribution in [2.75, 3.05) is 18.0 Å². The lowest BCUT2D eigenvalue weighted by molar-refractivity contribution is -0.143. The smallest absolute Gasteiger partial charge is 0.434 e. The maximum absolute atomic E-state index is 12.8. The van der Waals surface area contributed by atoms with Crippen LogP contribution in [0.3, 0.4) is 0 Å². The van der Waals surface area contributed by atoms with E-state index in [1.807, 2.05) is 0 Å². The molecule has 1 aromatic heterocycles. The maximum Gasteiger partial charge on any atom is 0.434 e. The van der Waals surface area contributed by atoms with Crippen molar-refractivity contribution in [1.82, 2.24) is 4.98 Å². The fourth-order valence-electron chi connectivity index (χ4n) is 2.19. The van der Waals surface area contributed by atoms with Crippen LogP contribution in [0.25, 0.3) is 0 Å². The second-order valence-electron chi connectivity index (χ2n) is 4.62. The van der Waals surface area contributed by atoms with Gasteiger partial charge < -0.3 is 10.0 Å². The van der Waals surface area contributed by atoms with E-state index in [9.17, 15) is 18.0 Å². The van der Waals surface area contributed by atoms with Crippen LogP contribution in [0.15, 0.2) is 16.6 Å². The maximum atomic E-state index is 12.8. The number of piperidine rings is 1. The summed E-state index contributed by atoms with van der Waals surface area (Å²) in [6.07, 6.45) is -3.39. The molecule has 4 nitrogen and oxygen atoms in total. The standard InChI is InChI=1S/C12H12BrF3N2O2/c13-8-3-4-9(17-10(8)12(14,15)16)18-5-1-2-7(6-18)11(19)20/h3-4,7H,1-2,5-6H2,(H,19,20). The fraction of sp³-hybridized carbons (Fsp3) is 0.500. The molecule has 0 radical (unpaired) electrons. The first-order valence-corrected chi connectivity index (χ1v) is 6.80. The van der Waals surface area contributed by atoms with Crippen LogP contribution in [0.4, 0.5) is 19.0 Å². The van der Waals surface area contributed by atoms with Crippen molar-refractivity contribution in [3.05, 3.63) is 22.3 Å². The molecule has 0 amide bonds. The zero-order valence-corrected chi connectivity index (χ0v) is 11.9. The predicted molar refractivity (Wildman–Crippen MR) is 69.5 cm³/mol. The molecule has 0 bridgehead atoms. The van der Waals surface area contributed by atoms with Crippen molar-refractivity contribution in [3.63, 3.8) is 0 Å². The van der Waals surface area contributed by atoms with Crippen LogP contribution in [0.1, 0.15) is 18.5 Å². The molecule has 1 aromatic rings. The van der Waals surface area contributed by atoms with Gasteiger partial charge in [-0.1, -0.05) is 0 Å². The van der Waals surface area contributed by atoms with Gasteiger partial charge in [0.15, 0.2) is 5.69 Å². The van der Waals surface area contributed by atoms with Crippen LogP contribution in [0.5, 0.6) is 0 Å². The highest BCUT2D eigenvalue weighted by molar-refractivity contribution is 9.10. The number of hydrogen-bond acceptors (Lipinski definition) is 3. The van der Waals surface area contributed by atoms with E-state index in [4.69, 9.17) is 5.11 Å². The first-order valence-electron chi connectivity index (χ1n) is 6.00. The molecule has 0 aromatic carbocycles. The number of aliphatic carboxylic acids is 1. The summed E-state index contributed by atoms with van der Waals surface area (Å²) >= 11 is 2.83. The van der Waals surface area contributed by atoms with Crippen molar-refractivity contribution in [3.8, 4) is 0 Å². The number of hydrogen-bond donors (Lipinski definition) is 1. The number of anilines is 1. The van der Waals surface area contributed by atoms with Gasteiger partial charge >= 0.3 is 12.1 Å². The second kappa shape index (κ2) is 5.59. The summed E-state index contributed by atoms with van der Waals surface area (Å²) in [5.74, 6) is -1.34. The van der Waals surface area contributed by atoms with Gasteiger partial charge in [0, 0.05) is 17.6 Å². The molecule has 2 rings (SSSR count). The zero-order valence-electron chi connectivity index (χ0n) is 10.3. The first kappa shape index (κ1) is 15.1. The molecule has 1 saturated heterocycles. The average molecular weight is 353 g/mol. The molecule has 110 valence electrons. The van der Waals surface area contributed by atoms with Crippen molar-refractivity contribution in [2.45, 2.75) is 19.0 Å². The Hall–Kier alpha value is -1.31. The molecule has 2 heterocycles. The minimum Gasteiger partial charge on any atom is -0.481 e. The van der Waals surface area contributed by atoms with Gasteiger partial charge in [0.05, 0.1) is 5.92 Å². The molecule has 0 spiro atoms. The molecule has 1 N–H and O–H groups in total. The lowest BCUT2D eigenvalue weighted by atomic mass is 9.98. The van der Waals surface area contributed by atoms with Crippen LogP contribution < -0.4 is 4.90 Å².